The Balaban J connectivity index is 1.63. The SMILES string of the molecule is COCCOc1ccc(C(=O)NC(=S)Nc2ccccc2C(=O)N(C)C2CCCCC2)cc1Br. The molecule has 2 aromatic rings. The van der Waals surface area contributed by atoms with E-state index in [-0.39, 0.29) is 23.0 Å². The molecule has 1 aliphatic rings. The van der Waals surface area contributed by atoms with Crippen LogP contribution in [0.5, 0.6) is 5.75 Å². The molecule has 0 unspecified atom stereocenters. The number of thiocarbonyl (C=S) groups is 1. The number of halogens is 1. The number of nitrogens with zero attached hydrogens (tertiary/aromatic N) is 1. The van der Waals surface area contributed by atoms with Crippen LogP contribution in [0.2, 0.25) is 0 Å². The lowest BCUT2D eigenvalue weighted by molar-refractivity contribution is 0.0697. The fourth-order valence-electron chi connectivity index (χ4n) is 3.93. The number of methoxy groups -OCH3 is 1. The van der Waals surface area contributed by atoms with E-state index in [1.165, 1.54) is 6.42 Å². The number of carbonyl (C=O) groups excluding carboxylic acids is 2. The standard InChI is InChI=1S/C25H30BrN3O4S/c1-29(18-8-4-3-5-9-18)24(31)19-10-6-7-11-21(19)27-25(34)28-23(30)17-12-13-22(20(26)16-17)33-15-14-32-2/h6-7,10-13,16,18H,3-5,8-9,14-15H2,1-2H3,(H2,27,28,30,34). The van der Waals surface area contributed by atoms with Gasteiger partial charge in [0.05, 0.1) is 22.3 Å². The van der Waals surface area contributed by atoms with Gasteiger partial charge >= 0.3 is 0 Å². The molecule has 1 aliphatic carbocycles. The number of amides is 2. The lowest BCUT2D eigenvalue weighted by Gasteiger charge is -2.31. The van der Waals surface area contributed by atoms with E-state index in [1.54, 1.807) is 37.4 Å². The fourth-order valence-corrected chi connectivity index (χ4v) is 4.62. The maximum absolute atomic E-state index is 13.2. The highest BCUT2D eigenvalue weighted by atomic mass is 79.9. The molecule has 7 nitrogen and oxygen atoms in total. The summed E-state index contributed by atoms with van der Waals surface area (Å²) in [7, 11) is 3.46. The third-order valence-corrected chi connectivity index (χ3v) is 6.64. The van der Waals surface area contributed by atoms with Crippen molar-refractivity contribution in [2.75, 3.05) is 32.7 Å². The summed E-state index contributed by atoms with van der Waals surface area (Å²) in [6, 6.07) is 12.5. The van der Waals surface area contributed by atoms with Crippen molar-refractivity contribution >= 4 is 50.8 Å². The topological polar surface area (TPSA) is 79.9 Å². The third kappa shape index (κ3) is 7.01. The predicted molar refractivity (Wildman–Crippen MR) is 141 cm³/mol. The molecule has 2 aromatic carbocycles. The summed E-state index contributed by atoms with van der Waals surface area (Å²) in [4.78, 5) is 27.7. The number of rotatable bonds is 8. The van der Waals surface area contributed by atoms with Crippen molar-refractivity contribution in [1.29, 1.82) is 0 Å². The molecule has 0 heterocycles. The van der Waals surface area contributed by atoms with Crippen molar-refractivity contribution in [3.05, 3.63) is 58.1 Å². The van der Waals surface area contributed by atoms with E-state index < -0.39 is 0 Å². The van der Waals surface area contributed by atoms with Crippen molar-refractivity contribution < 1.29 is 19.1 Å². The molecule has 34 heavy (non-hydrogen) atoms. The van der Waals surface area contributed by atoms with Gasteiger partial charge in [-0.1, -0.05) is 31.4 Å². The third-order valence-electron chi connectivity index (χ3n) is 5.81. The normalized spacial score (nSPS) is 13.7. The highest BCUT2D eigenvalue weighted by Crippen LogP contribution is 2.27. The average molecular weight is 549 g/mol. The number of ether oxygens (including phenoxy) is 2. The van der Waals surface area contributed by atoms with Gasteiger partial charge < -0.3 is 19.7 Å². The summed E-state index contributed by atoms with van der Waals surface area (Å²) in [6.07, 6.45) is 5.57. The lowest BCUT2D eigenvalue weighted by atomic mass is 9.94. The van der Waals surface area contributed by atoms with Crippen LogP contribution in [0.15, 0.2) is 46.9 Å². The Morgan fingerprint density at radius 3 is 2.56 bits per heavy atom. The zero-order chi connectivity index (χ0) is 24.5. The smallest absolute Gasteiger partial charge is 0.257 e. The second-order valence-electron chi connectivity index (χ2n) is 8.15. The van der Waals surface area contributed by atoms with E-state index in [2.05, 4.69) is 26.6 Å². The molecular formula is C25H30BrN3O4S. The van der Waals surface area contributed by atoms with Crippen LogP contribution in [-0.4, -0.2) is 55.2 Å². The minimum absolute atomic E-state index is 0.0582. The average Bonchev–Trinajstić information content (AvgIpc) is 2.85. The van der Waals surface area contributed by atoms with Gasteiger partial charge in [0.15, 0.2) is 5.11 Å². The summed E-state index contributed by atoms with van der Waals surface area (Å²) in [5, 5.41) is 5.80. The monoisotopic (exact) mass is 547 g/mol. The summed E-state index contributed by atoms with van der Waals surface area (Å²) in [6.45, 7) is 0.873. The summed E-state index contributed by atoms with van der Waals surface area (Å²) in [5.74, 6) is 0.186. The Morgan fingerprint density at radius 2 is 1.85 bits per heavy atom. The molecule has 2 N–H and O–H groups in total. The molecular weight excluding hydrogens is 518 g/mol. The number of para-hydroxylation sites is 1. The molecule has 0 atom stereocenters. The quantitative estimate of drug-likeness (QED) is 0.357. The number of hydrogen-bond donors (Lipinski definition) is 2. The predicted octanol–water partition coefficient (Wildman–Crippen LogP) is 5.01. The Labute approximate surface area is 214 Å². The van der Waals surface area contributed by atoms with Gasteiger partial charge in [0.1, 0.15) is 12.4 Å². The molecule has 0 aliphatic heterocycles. The number of hydrogen-bond acceptors (Lipinski definition) is 5. The highest BCUT2D eigenvalue weighted by Gasteiger charge is 2.24. The van der Waals surface area contributed by atoms with Crippen molar-refractivity contribution in [3.8, 4) is 5.75 Å². The van der Waals surface area contributed by atoms with Gasteiger partial charge in [0.25, 0.3) is 11.8 Å². The first-order chi connectivity index (χ1) is 16.4. The van der Waals surface area contributed by atoms with Crippen LogP contribution in [0.25, 0.3) is 0 Å². The zero-order valence-corrected chi connectivity index (χ0v) is 21.8. The molecule has 0 aromatic heterocycles. The zero-order valence-electron chi connectivity index (χ0n) is 19.4. The van der Waals surface area contributed by atoms with Crippen molar-refractivity contribution in [2.45, 2.75) is 38.1 Å². The van der Waals surface area contributed by atoms with Crippen LogP contribution in [-0.2, 0) is 4.74 Å². The number of anilines is 1. The summed E-state index contributed by atoms with van der Waals surface area (Å²) >= 11 is 8.78. The van der Waals surface area contributed by atoms with Crippen molar-refractivity contribution in [1.82, 2.24) is 10.2 Å². The number of nitrogens with one attached hydrogen (secondary N) is 2. The van der Waals surface area contributed by atoms with Gasteiger partial charge in [-0.25, -0.2) is 0 Å². The molecule has 2 amide bonds. The van der Waals surface area contributed by atoms with Gasteiger partial charge in [-0.2, -0.15) is 0 Å². The van der Waals surface area contributed by atoms with Gasteiger partial charge in [0.2, 0.25) is 0 Å². The molecule has 182 valence electrons. The Bertz CT molecular complexity index is 1030. The van der Waals surface area contributed by atoms with Gasteiger partial charge in [-0.3, -0.25) is 14.9 Å². The minimum atomic E-state index is -0.371. The van der Waals surface area contributed by atoms with Gasteiger partial charge in [0, 0.05) is 25.8 Å². The second-order valence-corrected chi connectivity index (χ2v) is 9.41. The maximum atomic E-state index is 13.2. The highest BCUT2D eigenvalue weighted by molar-refractivity contribution is 9.10. The van der Waals surface area contributed by atoms with Gasteiger partial charge in [-0.15, -0.1) is 0 Å². The molecule has 0 spiro atoms. The van der Waals surface area contributed by atoms with Crippen LogP contribution in [0.4, 0.5) is 5.69 Å². The van der Waals surface area contributed by atoms with E-state index in [0.29, 0.717) is 40.3 Å². The number of benzene rings is 2. The van der Waals surface area contributed by atoms with Crippen LogP contribution in [0.3, 0.4) is 0 Å². The van der Waals surface area contributed by atoms with E-state index in [1.807, 2.05) is 24.1 Å². The Hall–Kier alpha value is -2.49. The Kier molecular flexibility index (Phi) is 9.86. The maximum Gasteiger partial charge on any atom is 0.257 e. The van der Waals surface area contributed by atoms with Crippen LogP contribution in [0, 0.1) is 0 Å². The van der Waals surface area contributed by atoms with Crippen molar-refractivity contribution in [3.63, 3.8) is 0 Å². The van der Waals surface area contributed by atoms with Crippen LogP contribution < -0.4 is 15.4 Å². The van der Waals surface area contributed by atoms with E-state index >= 15 is 0 Å². The first-order valence-electron chi connectivity index (χ1n) is 11.3. The minimum Gasteiger partial charge on any atom is -0.490 e. The van der Waals surface area contributed by atoms with Gasteiger partial charge in [-0.05, 0) is 71.3 Å². The fraction of sp³-hybridized carbons (Fsp3) is 0.400. The molecule has 0 radical (unpaired) electrons. The molecule has 9 heteroatoms. The van der Waals surface area contributed by atoms with E-state index in [4.69, 9.17) is 21.7 Å². The second kappa shape index (κ2) is 12.8. The molecule has 0 bridgehead atoms. The molecule has 0 saturated heterocycles. The van der Waals surface area contributed by atoms with Crippen LogP contribution in [0.1, 0.15) is 52.8 Å². The van der Waals surface area contributed by atoms with Crippen molar-refractivity contribution in [2.24, 2.45) is 0 Å². The first kappa shape index (κ1) is 26.1. The number of carbonyl (C=O) groups is 2. The first-order valence-corrected chi connectivity index (χ1v) is 12.5. The largest absolute Gasteiger partial charge is 0.490 e. The Morgan fingerprint density at radius 1 is 1.12 bits per heavy atom. The summed E-state index contributed by atoms with van der Waals surface area (Å²) < 4.78 is 11.2. The molecule has 3 rings (SSSR count). The lowest BCUT2D eigenvalue weighted by Crippen LogP contribution is -2.39. The van der Waals surface area contributed by atoms with E-state index in [0.717, 1.165) is 25.7 Å². The molecule has 1 saturated carbocycles. The molecule has 1 fully saturated rings. The van der Waals surface area contributed by atoms with Crippen LogP contribution >= 0.6 is 28.1 Å². The summed E-state index contributed by atoms with van der Waals surface area (Å²) in [5.41, 5.74) is 1.49. The van der Waals surface area contributed by atoms with E-state index in [9.17, 15) is 9.59 Å².